The smallest absolute Gasteiger partial charge is 0.336 e. The molecule has 1 aliphatic heterocycles. The van der Waals surface area contributed by atoms with Crippen LogP contribution < -0.4 is 0 Å². The molecule has 0 bridgehead atoms. The van der Waals surface area contributed by atoms with Crippen LogP contribution in [0, 0.1) is 0 Å². The van der Waals surface area contributed by atoms with Crippen LogP contribution >= 0.6 is 0 Å². The number of carbonyl (C=O) groups is 3. The Hall–Kier alpha value is -1.72. The summed E-state index contributed by atoms with van der Waals surface area (Å²) in [5.74, 6) is -1.04. The molecule has 0 atom stereocenters. The average molecular weight is 170 g/mol. The first kappa shape index (κ1) is 8.38. The van der Waals surface area contributed by atoms with Crippen molar-refractivity contribution >= 4 is 24.0 Å². The summed E-state index contributed by atoms with van der Waals surface area (Å²) in [6.45, 7) is 0.873. The molecule has 0 aromatic carbocycles. The van der Waals surface area contributed by atoms with Crippen LogP contribution in [0.3, 0.4) is 0 Å². The third kappa shape index (κ3) is 1.88. The second-order valence-electron chi connectivity index (χ2n) is 2.13. The summed E-state index contributed by atoms with van der Waals surface area (Å²) in [6, 6.07) is -0.746. The van der Waals surface area contributed by atoms with Crippen molar-refractivity contribution in [2.75, 3.05) is 6.54 Å². The van der Waals surface area contributed by atoms with Gasteiger partial charge in [0.25, 0.3) is 0 Å². The summed E-state index contributed by atoms with van der Waals surface area (Å²) in [6.07, 6.45) is 0.905. The third-order valence-electron chi connectivity index (χ3n) is 1.07. The molecule has 0 N–H and O–H groups in total. The number of hydrogen-bond donors (Lipinski definition) is 0. The molecule has 0 saturated carbocycles. The van der Waals surface area contributed by atoms with Gasteiger partial charge in [0.1, 0.15) is 6.54 Å². The lowest BCUT2D eigenvalue weighted by atomic mass is 10.4. The summed E-state index contributed by atoms with van der Waals surface area (Å²) < 4.78 is 0. The van der Waals surface area contributed by atoms with Gasteiger partial charge in [-0.25, -0.2) is 4.79 Å². The lowest BCUT2D eigenvalue weighted by molar-refractivity contribution is -0.173. The van der Waals surface area contributed by atoms with Crippen molar-refractivity contribution in [1.29, 1.82) is 0 Å². The zero-order valence-electron chi connectivity index (χ0n) is 6.31. The minimum absolute atomic E-state index is 0.262. The fraction of sp³-hybridized carbons (Fsp3) is 0.333. The summed E-state index contributed by atoms with van der Waals surface area (Å²) in [7, 11) is 0. The van der Waals surface area contributed by atoms with Crippen molar-refractivity contribution in [3.05, 3.63) is 0 Å². The maximum Gasteiger partial charge on any atom is 0.377 e. The van der Waals surface area contributed by atoms with Gasteiger partial charge in [-0.3, -0.25) is 9.59 Å². The van der Waals surface area contributed by atoms with Crippen LogP contribution in [0.2, 0.25) is 0 Å². The van der Waals surface area contributed by atoms with Crippen LogP contribution in [0.25, 0.3) is 0 Å². The highest BCUT2D eigenvalue weighted by atomic mass is 16.7. The average Bonchev–Trinajstić information content (AvgIpc) is 1.96. The van der Waals surface area contributed by atoms with Gasteiger partial charge in [0, 0.05) is 6.92 Å². The fourth-order valence-electron chi connectivity index (χ4n) is 0.668. The van der Waals surface area contributed by atoms with Gasteiger partial charge in [-0.2, -0.15) is 4.99 Å². The molecule has 1 aliphatic rings. The number of hydrogen-bond acceptors (Lipinski definition) is 4. The molecule has 0 fully saturated rings. The van der Waals surface area contributed by atoms with Crippen molar-refractivity contribution < 1.29 is 19.2 Å². The van der Waals surface area contributed by atoms with E-state index < -0.39 is 12.0 Å². The molecule has 2 amide bonds. The predicted octanol–water partition coefficient (Wildman–Crippen LogP) is -0.460. The van der Waals surface area contributed by atoms with Crippen molar-refractivity contribution in [3.8, 4) is 0 Å². The summed E-state index contributed by atoms with van der Waals surface area (Å²) >= 11 is 0. The fourth-order valence-corrected chi connectivity index (χ4v) is 0.668. The Morgan fingerprint density at radius 3 is 2.92 bits per heavy atom. The second kappa shape index (κ2) is 3.12. The van der Waals surface area contributed by atoms with Crippen LogP contribution in [0.15, 0.2) is 4.99 Å². The topological polar surface area (TPSA) is 76.0 Å². The predicted molar refractivity (Wildman–Crippen MR) is 37.4 cm³/mol. The quantitative estimate of drug-likeness (QED) is 0.533. The van der Waals surface area contributed by atoms with E-state index in [0.29, 0.717) is 5.06 Å². The monoisotopic (exact) mass is 170 g/mol. The third-order valence-corrected chi connectivity index (χ3v) is 1.07. The van der Waals surface area contributed by atoms with Crippen molar-refractivity contribution in [3.63, 3.8) is 0 Å². The van der Waals surface area contributed by atoms with E-state index in [1.54, 1.807) is 0 Å². The molecule has 6 nitrogen and oxygen atoms in total. The van der Waals surface area contributed by atoms with Gasteiger partial charge < -0.3 is 4.84 Å². The Kier molecular flexibility index (Phi) is 2.18. The van der Waals surface area contributed by atoms with Gasteiger partial charge in [0.15, 0.2) is 5.78 Å². The Bertz CT molecular complexity index is 271. The van der Waals surface area contributed by atoms with Crippen molar-refractivity contribution in [1.82, 2.24) is 5.06 Å². The van der Waals surface area contributed by atoms with E-state index in [2.05, 4.69) is 9.83 Å². The molecule has 1 rings (SSSR count). The van der Waals surface area contributed by atoms with Crippen molar-refractivity contribution in [2.24, 2.45) is 4.99 Å². The highest BCUT2D eigenvalue weighted by Gasteiger charge is 2.22. The number of nitrogens with zero attached hydrogens (tertiary/aromatic N) is 2. The van der Waals surface area contributed by atoms with E-state index in [1.807, 2.05) is 0 Å². The molecular weight excluding hydrogens is 164 g/mol. The number of rotatable bonds is 1. The van der Waals surface area contributed by atoms with E-state index in [9.17, 15) is 14.4 Å². The van der Waals surface area contributed by atoms with Crippen LogP contribution in [-0.2, 0) is 14.4 Å². The molecule has 0 spiro atoms. The number of amides is 2. The lowest BCUT2D eigenvalue weighted by Gasteiger charge is -2.18. The Morgan fingerprint density at radius 1 is 1.67 bits per heavy atom. The van der Waals surface area contributed by atoms with E-state index in [4.69, 9.17) is 0 Å². The number of urea groups is 1. The zero-order valence-corrected chi connectivity index (χ0v) is 6.31. The molecule has 0 saturated heterocycles. The van der Waals surface area contributed by atoms with Gasteiger partial charge in [0.2, 0.25) is 0 Å². The van der Waals surface area contributed by atoms with Crippen LogP contribution in [0.1, 0.15) is 6.92 Å². The minimum Gasteiger partial charge on any atom is -0.336 e. The molecule has 0 aromatic heterocycles. The zero-order chi connectivity index (χ0) is 9.14. The largest absolute Gasteiger partial charge is 0.377 e. The van der Waals surface area contributed by atoms with Gasteiger partial charge >= 0.3 is 12.0 Å². The number of Topliss-reactive ketones (excluding diaryl/α,β-unsaturated/α-hetero) is 1. The van der Waals surface area contributed by atoms with Crippen LogP contribution in [0.5, 0.6) is 0 Å². The molecule has 1 heterocycles. The number of carbonyl (C=O) groups excluding carboxylic acids is 3. The first-order valence-electron chi connectivity index (χ1n) is 3.16. The molecule has 6 heteroatoms. The van der Waals surface area contributed by atoms with Crippen molar-refractivity contribution in [2.45, 2.75) is 6.92 Å². The maximum atomic E-state index is 10.8. The molecule has 12 heavy (non-hydrogen) atoms. The second-order valence-corrected chi connectivity index (χ2v) is 2.13. The van der Waals surface area contributed by atoms with E-state index in [0.717, 1.165) is 13.1 Å². The molecule has 0 aromatic rings. The first-order chi connectivity index (χ1) is 5.59. The van der Waals surface area contributed by atoms with E-state index in [-0.39, 0.29) is 12.3 Å². The minimum atomic E-state index is -0.746. The van der Waals surface area contributed by atoms with Gasteiger partial charge in [0.05, 0.1) is 6.21 Å². The number of ketones is 1. The first-order valence-corrected chi connectivity index (χ1v) is 3.16. The standard InChI is InChI=1S/C6H6N2O4/c1-4(9)12-8-3-5(10)2-7-6(8)11/h2H,3H2,1H3. The molecule has 0 aliphatic carbocycles. The highest BCUT2D eigenvalue weighted by molar-refractivity contribution is 6.31. The van der Waals surface area contributed by atoms with Gasteiger partial charge in [-0.05, 0) is 0 Å². The Morgan fingerprint density at radius 2 is 2.33 bits per heavy atom. The summed E-state index contributed by atoms with van der Waals surface area (Å²) in [5, 5.41) is 0.616. The molecule has 64 valence electrons. The molecule has 0 unspecified atom stereocenters. The summed E-state index contributed by atoms with van der Waals surface area (Å²) in [4.78, 5) is 39.4. The summed E-state index contributed by atoms with van der Waals surface area (Å²) in [5.41, 5.74) is 0. The van der Waals surface area contributed by atoms with Gasteiger partial charge in [-0.15, -0.1) is 5.06 Å². The van der Waals surface area contributed by atoms with Crippen LogP contribution in [-0.4, -0.2) is 35.6 Å². The normalized spacial score (nSPS) is 16.6. The number of aliphatic imine (C=N–C) groups is 1. The Labute approximate surface area is 67.8 Å². The number of hydroxylamine groups is 2. The van der Waals surface area contributed by atoms with E-state index >= 15 is 0 Å². The SMILES string of the molecule is CC(=O)ON1CC(=O)C=NC1=O. The molecule has 0 radical (unpaired) electrons. The maximum absolute atomic E-state index is 10.8. The van der Waals surface area contributed by atoms with E-state index in [1.165, 1.54) is 0 Å². The highest BCUT2D eigenvalue weighted by Crippen LogP contribution is 1.99. The lowest BCUT2D eigenvalue weighted by Crippen LogP contribution is -2.39. The van der Waals surface area contributed by atoms with Crippen LogP contribution in [0.4, 0.5) is 4.79 Å². The Balaban J connectivity index is 2.66. The van der Waals surface area contributed by atoms with Gasteiger partial charge in [-0.1, -0.05) is 0 Å². The molecular formula is C6H6N2O4.